The highest BCUT2D eigenvalue weighted by Gasteiger charge is 2.33. The molecule has 2 atom stereocenters. The number of aliphatic hydroxyl groups is 2. The summed E-state index contributed by atoms with van der Waals surface area (Å²) >= 11 is 0. The molecule has 0 bridgehead atoms. The van der Waals surface area contributed by atoms with Crippen molar-refractivity contribution in [3.63, 3.8) is 0 Å². The van der Waals surface area contributed by atoms with Gasteiger partial charge in [0.2, 0.25) is 0 Å². The highest BCUT2D eigenvalue weighted by atomic mass is 16.5. The molecule has 0 aliphatic carbocycles. The molecule has 0 aromatic heterocycles. The lowest BCUT2D eigenvalue weighted by atomic mass is 9.98. The summed E-state index contributed by atoms with van der Waals surface area (Å²) in [5.74, 6) is 2.12. The number of hydrogen-bond acceptors (Lipinski definition) is 6. The van der Waals surface area contributed by atoms with Crippen molar-refractivity contribution in [1.82, 2.24) is 0 Å². The van der Waals surface area contributed by atoms with Gasteiger partial charge in [0.15, 0.2) is 23.0 Å². The zero-order valence-electron chi connectivity index (χ0n) is 13.1. The molecule has 0 saturated heterocycles. The smallest absolute Gasteiger partial charge is 0.175 e. The van der Waals surface area contributed by atoms with Crippen LogP contribution in [0.5, 0.6) is 28.7 Å². The van der Waals surface area contributed by atoms with Crippen LogP contribution in [0.25, 0.3) is 0 Å². The Labute approximate surface area is 133 Å². The van der Waals surface area contributed by atoms with E-state index in [2.05, 4.69) is 0 Å². The second-order valence-electron chi connectivity index (χ2n) is 5.12. The first-order valence-electron chi connectivity index (χ1n) is 7.07. The van der Waals surface area contributed by atoms with E-state index in [0.717, 1.165) is 0 Å². The Balaban J connectivity index is 2.22. The summed E-state index contributed by atoms with van der Waals surface area (Å²) in [7, 11) is 4.53. The highest BCUT2D eigenvalue weighted by molar-refractivity contribution is 5.58. The molecule has 2 aromatic carbocycles. The van der Waals surface area contributed by atoms with E-state index in [0.29, 0.717) is 39.9 Å². The number of ether oxygens (including phenoxy) is 4. The fourth-order valence-corrected chi connectivity index (χ4v) is 2.68. The van der Waals surface area contributed by atoms with Crippen LogP contribution in [0.3, 0.4) is 0 Å². The molecule has 0 spiro atoms. The maximum Gasteiger partial charge on any atom is 0.175 e. The summed E-state index contributed by atoms with van der Waals surface area (Å²) in [6.07, 6.45) is -2.32. The fraction of sp³-hybridized carbons (Fsp3) is 0.294. The Morgan fingerprint density at radius 3 is 2.09 bits per heavy atom. The third kappa shape index (κ3) is 2.46. The van der Waals surface area contributed by atoms with Gasteiger partial charge in [0.1, 0.15) is 18.0 Å². The zero-order valence-corrected chi connectivity index (χ0v) is 13.1. The topological polar surface area (TPSA) is 77.4 Å². The second kappa shape index (κ2) is 5.98. The molecular weight excluding hydrogens is 300 g/mol. The lowest BCUT2D eigenvalue weighted by molar-refractivity contribution is 0.0182. The predicted molar refractivity (Wildman–Crippen MR) is 82.5 cm³/mol. The molecule has 0 fully saturated rings. The Kier molecular flexibility index (Phi) is 4.02. The van der Waals surface area contributed by atoms with E-state index in [4.69, 9.17) is 18.9 Å². The quantitative estimate of drug-likeness (QED) is 0.906. The largest absolute Gasteiger partial charge is 0.493 e. The summed E-state index contributed by atoms with van der Waals surface area (Å²) in [5.41, 5.74) is 0.861. The molecular formula is C17H18O6. The van der Waals surface area contributed by atoms with Gasteiger partial charge in [0.05, 0.1) is 21.3 Å². The number of para-hydroxylation sites is 1. The minimum absolute atomic E-state index is 0.368. The van der Waals surface area contributed by atoms with E-state index in [9.17, 15) is 10.2 Å². The Morgan fingerprint density at radius 1 is 0.826 bits per heavy atom. The molecule has 0 radical (unpaired) electrons. The van der Waals surface area contributed by atoms with Crippen LogP contribution in [0.2, 0.25) is 0 Å². The van der Waals surface area contributed by atoms with Crippen LogP contribution in [0.1, 0.15) is 23.3 Å². The summed E-state index contributed by atoms with van der Waals surface area (Å²) in [4.78, 5) is 0. The summed E-state index contributed by atoms with van der Waals surface area (Å²) in [5, 5.41) is 21.0. The number of methoxy groups -OCH3 is 3. The standard InChI is InChI=1S/C17H18O6/c1-20-11-6-4-5-9-15(18)16(19)10-7-13(21-2)14(22-3)8-12(10)23-17(9)11/h4-8,15-16,18-19H,1-3H3/t15-,16-/m1/s1. The first-order chi connectivity index (χ1) is 11.1. The molecule has 0 amide bonds. The van der Waals surface area contributed by atoms with E-state index in [1.165, 1.54) is 21.3 Å². The van der Waals surface area contributed by atoms with Crippen LogP contribution in [0.15, 0.2) is 30.3 Å². The average Bonchev–Trinajstić information content (AvgIpc) is 2.69. The molecule has 2 aromatic rings. The minimum Gasteiger partial charge on any atom is -0.493 e. The van der Waals surface area contributed by atoms with Gasteiger partial charge in [0.25, 0.3) is 0 Å². The van der Waals surface area contributed by atoms with Crippen LogP contribution >= 0.6 is 0 Å². The fourth-order valence-electron chi connectivity index (χ4n) is 2.68. The van der Waals surface area contributed by atoms with Crippen molar-refractivity contribution in [2.24, 2.45) is 0 Å². The summed E-state index contributed by atoms with van der Waals surface area (Å²) < 4.78 is 21.7. The third-order valence-electron chi connectivity index (χ3n) is 3.89. The van der Waals surface area contributed by atoms with Crippen LogP contribution in [0.4, 0.5) is 0 Å². The van der Waals surface area contributed by atoms with Crippen molar-refractivity contribution in [2.45, 2.75) is 12.2 Å². The SMILES string of the molecule is COc1cc2c(cc1OC)[C@@H](O)[C@H](O)c1cccc(OC)c1O2. The van der Waals surface area contributed by atoms with E-state index in [1.807, 2.05) is 0 Å². The van der Waals surface area contributed by atoms with Gasteiger partial charge in [-0.2, -0.15) is 0 Å². The van der Waals surface area contributed by atoms with Gasteiger partial charge in [0, 0.05) is 17.2 Å². The van der Waals surface area contributed by atoms with Crippen LogP contribution in [0, 0.1) is 0 Å². The molecule has 122 valence electrons. The second-order valence-corrected chi connectivity index (χ2v) is 5.12. The van der Waals surface area contributed by atoms with E-state index < -0.39 is 12.2 Å². The van der Waals surface area contributed by atoms with Gasteiger partial charge in [-0.3, -0.25) is 0 Å². The molecule has 6 nitrogen and oxygen atoms in total. The van der Waals surface area contributed by atoms with E-state index in [-0.39, 0.29) is 0 Å². The number of aliphatic hydroxyl groups excluding tert-OH is 2. The summed E-state index contributed by atoms with van der Waals surface area (Å²) in [6, 6.07) is 8.36. The first-order valence-corrected chi connectivity index (χ1v) is 7.07. The van der Waals surface area contributed by atoms with Gasteiger partial charge in [-0.15, -0.1) is 0 Å². The maximum atomic E-state index is 10.5. The van der Waals surface area contributed by atoms with Gasteiger partial charge in [-0.05, 0) is 12.1 Å². The average molecular weight is 318 g/mol. The Hall–Kier alpha value is -2.44. The van der Waals surface area contributed by atoms with Crippen molar-refractivity contribution < 1.29 is 29.2 Å². The highest BCUT2D eigenvalue weighted by Crippen LogP contribution is 2.50. The van der Waals surface area contributed by atoms with Crippen LogP contribution < -0.4 is 18.9 Å². The van der Waals surface area contributed by atoms with E-state index >= 15 is 0 Å². The number of benzene rings is 2. The van der Waals surface area contributed by atoms with Crippen LogP contribution in [-0.4, -0.2) is 31.5 Å². The maximum absolute atomic E-state index is 10.5. The monoisotopic (exact) mass is 318 g/mol. The third-order valence-corrected chi connectivity index (χ3v) is 3.89. The van der Waals surface area contributed by atoms with Crippen molar-refractivity contribution in [3.05, 3.63) is 41.5 Å². The molecule has 1 aliphatic heterocycles. The number of hydrogen-bond donors (Lipinski definition) is 2. The lowest BCUT2D eigenvalue weighted by Gasteiger charge is -2.18. The molecule has 3 rings (SSSR count). The minimum atomic E-state index is -1.17. The Bertz CT molecular complexity index is 727. The molecule has 1 aliphatic rings. The van der Waals surface area contributed by atoms with Crippen molar-refractivity contribution in [1.29, 1.82) is 0 Å². The lowest BCUT2D eigenvalue weighted by Crippen LogP contribution is -2.09. The van der Waals surface area contributed by atoms with Gasteiger partial charge >= 0.3 is 0 Å². The zero-order chi connectivity index (χ0) is 16.6. The van der Waals surface area contributed by atoms with Crippen molar-refractivity contribution in [3.8, 4) is 28.7 Å². The van der Waals surface area contributed by atoms with Crippen molar-refractivity contribution >= 4 is 0 Å². The first kappa shape index (κ1) is 15.5. The normalized spacial score (nSPS) is 19.0. The molecule has 23 heavy (non-hydrogen) atoms. The van der Waals surface area contributed by atoms with Gasteiger partial charge in [-0.1, -0.05) is 12.1 Å². The molecule has 2 N–H and O–H groups in total. The van der Waals surface area contributed by atoms with Crippen LogP contribution in [-0.2, 0) is 0 Å². The summed E-state index contributed by atoms with van der Waals surface area (Å²) in [6.45, 7) is 0. The van der Waals surface area contributed by atoms with Gasteiger partial charge < -0.3 is 29.2 Å². The molecule has 1 heterocycles. The molecule has 6 heteroatoms. The predicted octanol–water partition coefficient (Wildman–Crippen LogP) is 2.59. The number of rotatable bonds is 3. The van der Waals surface area contributed by atoms with Gasteiger partial charge in [-0.25, -0.2) is 0 Å². The molecule has 0 unspecified atom stereocenters. The van der Waals surface area contributed by atoms with Crippen molar-refractivity contribution in [2.75, 3.05) is 21.3 Å². The number of fused-ring (bicyclic) bond motifs is 2. The molecule has 0 saturated carbocycles. The Morgan fingerprint density at radius 2 is 1.43 bits per heavy atom. The van der Waals surface area contributed by atoms with E-state index in [1.54, 1.807) is 30.3 Å².